The van der Waals surface area contributed by atoms with Crippen LogP contribution >= 0.6 is 0 Å². The normalized spacial score (nSPS) is 27.3. The first-order valence-electron chi connectivity index (χ1n) is 9.98. The molecule has 0 radical (unpaired) electrons. The molecule has 0 aromatic heterocycles. The van der Waals surface area contributed by atoms with Gasteiger partial charge in [-0.25, -0.2) is 4.79 Å². The quantitative estimate of drug-likeness (QED) is 0.556. The van der Waals surface area contributed by atoms with Gasteiger partial charge in [-0.15, -0.1) is 0 Å². The summed E-state index contributed by atoms with van der Waals surface area (Å²) in [5, 5.41) is 3.59. The number of hydrogen-bond donors (Lipinski definition) is 1. The molecular weight excluding hydrogens is 314 g/mol. The fourth-order valence-corrected chi connectivity index (χ4v) is 3.95. The molecule has 0 spiro atoms. The summed E-state index contributed by atoms with van der Waals surface area (Å²) in [5.74, 6) is 0.699. The molecule has 0 amide bonds. The number of rotatable bonds is 7. The van der Waals surface area contributed by atoms with Gasteiger partial charge in [0, 0.05) is 18.7 Å². The molecule has 0 unspecified atom stereocenters. The molecule has 1 aliphatic heterocycles. The number of carbonyl (C=O) groups is 1. The third-order valence-corrected chi connectivity index (χ3v) is 5.70. The SMILES string of the molecule is COC(=O)C1=C(NCCC2=CCCCC2)C[C@@H](C(C)C)O[C@H]1C1CC1. The molecule has 3 aliphatic rings. The molecule has 0 bridgehead atoms. The van der Waals surface area contributed by atoms with Gasteiger partial charge < -0.3 is 14.8 Å². The van der Waals surface area contributed by atoms with Crippen LogP contribution in [0.1, 0.15) is 65.2 Å². The van der Waals surface area contributed by atoms with Gasteiger partial charge in [0.2, 0.25) is 0 Å². The van der Waals surface area contributed by atoms with Crippen LogP contribution < -0.4 is 5.32 Å². The summed E-state index contributed by atoms with van der Waals surface area (Å²) in [5.41, 5.74) is 3.37. The number of allylic oxidation sites excluding steroid dienone is 1. The first-order valence-corrected chi connectivity index (χ1v) is 9.98. The zero-order chi connectivity index (χ0) is 17.8. The molecular formula is C21H33NO3. The summed E-state index contributed by atoms with van der Waals surface area (Å²) in [7, 11) is 1.47. The van der Waals surface area contributed by atoms with E-state index in [9.17, 15) is 4.79 Å². The van der Waals surface area contributed by atoms with Crippen molar-refractivity contribution in [2.24, 2.45) is 11.8 Å². The van der Waals surface area contributed by atoms with E-state index in [4.69, 9.17) is 9.47 Å². The second-order valence-corrected chi connectivity index (χ2v) is 8.05. The largest absolute Gasteiger partial charge is 0.466 e. The molecule has 2 atom stereocenters. The summed E-state index contributed by atoms with van der Waals surface area (Å²) >= 11 is 0. The maximum absolute atomic E-state index is 12.4. The van der Waals surface area contributed by atoms with E-state index in [1.54, 1.807) is 5.57 Å². The smallest absolute Gasteiger partial charge is 0.338 e. The van der Waals surface area contributed by atoms with Gasteiger partial charge in [-0.3, -0.25) is 0 Å². The van der Waals surface area contributed by atoms with E-state index in [2.05, 4.69) is 25.2 Å². The first kappa shape index (κ1) is 18.5. The Morgan fingerprint density at radius 1 is 1.36 bits per heavy atom. The number of methoxy groups -OCH3 is 1. The lowest BCUT2D eigenvalue weighted by molar-refractivity contribution is -0.140. The Morgan fingerprint density at radius 3 is 2.76 bits per heavy atom. The zero-order valence-corrected chi connectivity index (χ0v) is 16.0. The second kappa shape index (κ2) is 8.39. The standard InChI is InChI=1S/C21H33NO3/c1-14(2)18-13-17(22-12-11-15-7-5-4-6-8-15)19(21(23)24-3)20(25-18)16-9-10-16/h7,14,16,18,20,22H,4-6,8-13H2,1-3H3/t18-,20-/m0/s1. The van der Waals surface area contributed by atoms with Crippen LogP contribution in [-0.2, 0) is 14.3 Å². The maximum atomic E-state index is 12.4. The van der Waals surface area contributed by atoms with E-state index >= 15 is 0 Å². The minimum absolute atomic E-state index is 0.0926. The van der Waals surface area contributed by atoms with Crippen molar-refractivity contribution in [3.8, 4) is 0 Å². The van der Waals surface area contributed by atoms with Crippen LogP contribution in [0.2, 0.25) is 0 Å². The van der Waals surface area contributed by atoms with Crippen molar-refractivity contribution < 1.29 is 14.3 Å². The number of carbonyl (C=O) groups excluding carboxylic acids is 1. The molecule has 25 heavy (non-hydrogen) atoms. The molecule has 1 saturated carbocycles. The molecule has 4 heteroatoms. The molecule has 0 aromatic rings. The Balaban J connectivity index is 1.73. The van der Waals surface area contributed by atoms with Crippen LogP contribution in [0.4, 0.5) is 0 Å². The Hall–Kier alpha value is -1.29. The molecule has 1 fully saturated rings. The number of ether oxygens (including phenoxy) is 2. The fraction of sp³-hybridized carbons (Fsp3) is 0.762. The van der Waals surface area contributed by atoms with Crippen LogP contribution in [-0.4, -0.2) is 31.8 Å². The molecule has 3 rings (SSSR count). The molecule has 4 nitrogen and oxygen atoms in total. The monoisotopic (exact) mass is 347 g/mol. The average molecular weight is 347 g/mol. The van der Waals surface area contributed by atoms with Crippen molar-refractivity contribution >= 4 is 5.97 Å². The van der Waals surface area contributed by atoms with Gasteiger partial charge in [-0.05, 0) is 56.8 Å². The Labute approximate surface area is 152 Å². The van der Waals surface area contributed by atoms with Crippen LogP contribution in [0, 0.1) is 11.8 Å². The highest BCUT2D eigenvalue weighted by Crippen LogP contribution is 2.42. The number of nitrogens with one attached hydrogen (secondary N) is 1. The van der Waals surface area contributed by atoms with Gasteiger partial charge in [0.1, 0.15) is 0 Å². The summed E-state index contributed by atoms with van der Waals surface area (Å²) < 4.78 is 11.4. The summed E-state index contributed by atoms with van der Waals surface area (Å²) in [6.45, 7) is 5.29. The minimum atomic E-state index is -0.224. The van der Waals surface area contributed by atoms with Crippen molar-refractivity contribution in [2.45, 2.75) is 77.4 Å². The number of hydrogen-bond acceptors (Lipinski definition) is 4. The van der Waals surface area contributed by atoms with Gasteiger partial charge in [0.05, 0.1) is 24.9 Å². The highest BCUT2D eigenvalue weighted by molar-refractivity contribution is 5.90. The summed E-state index contributed by atoms with van der Waals surface area (Å²) in [6, 6.07) is 0. The Bertz CT molecular complexity index is 545. The topological polar surface area (TPSA) is 47.6 Å². The van der Waals surface area contributed by atoms with Crippen LogP contribution in [0.15, 0.2) is 22.9 Å². The highest BCUT2D eigenvalue weighted by atomic mass is 16.5. The van der Waals surface area contributed by atoms with Crippen LogP contribution in [0.3, 0.4) is 0 Å². The van der Waals surface area contributed by atoms with E-state index in [0.29, 0.717) is 11.8 Å². The minimum Gasteiger partial charge on any atom is -0.466 e. The second-order valence-electron chi connectivity index (χ2n) is 8.05. The molecule has 1 heterocycles. The van der Waals surface area contributed by atoms with E-state index in [1.165, 1.54) is 32.8 Å². The van der Waals surface area contributed by atoms with E-state index < -0.39 is 0 Å². The molecule has 0 aromatic carbocycles. The maximum Gasteiger partial charge on any atom is 0.338 e. The lowest BCUT2D eigenvalue weighted by atomic mass is 9.91. The highest BCUT2D eigenvalue weighted by Gasteiger charge is 2.43. The lowest BCUT2D eigenvalue weighted by Gasteiger charge is -2.36. The molecule has 0 saturated heterocycles. The van der Waals surface area contributed by atoms with E-state index in [1.807, 2.05) is 0 Å². The van der Waals surface area contributed by atoms with Crippen LogP contribution in [0.25, 0.3) is 0 Å². The van der Waals surface area contributed by atoms with Crippen LogP contribution in [0.5, 0.6) is 0 Å². The van der Waals surface area contributed by atoms with Crippen molar-refractivity contribution in [1.29, 1.82) is 0 Å². The lowest BCUT2D eigenvalue weighted by Crippen LogP contribution is -2.41. The summed E-state index contributed by atoms with van der Waals surface area (Å²) in [6.07, 6.45) is 11.7. The fourth-order valence-electron chi connectivity index (χ4n) is 3.95. The predicted molar refractivity (Wildman–Crippen MR) is 99.1 cm³/mol. The average Bonchev–Trinajstić information content (AvgIpc) is 3.46. The van der Waals surface area contributed by atoms with E-state index in [-0.39, 0.29) is 18.2 Å². The van der Waals surface area contributed by atoms with Crippen molar-refractivity contribution in [3.63, 3.8) is 0 Å². The van der Waals surface area contributed by atoms with Gasteiger partial charge in [0.15, 0.2) is 0 Å². The molecule has 1 N–H and O–H groups in total. The van der Waals surface area contributed by atoms with Crippen molar-refractivity contribution in [3.05, 3.63) is 22.9 Å². The third-order valence-electron chi connectivity index (χ3n) is 5.70. The van der Waals surface area contributed by atoms with Gasteiger partial charge in [-0.1, -0.05) is 25.5 Å². The van der Waals surface area contributed by atoms with Crippen molar-refractivity contribution in [1.82, 2.24) is 5.32 Å². The van der Waals surface area contributed by atoms with Gasteiger partial charge >= 0.3 is 5.97 Å². The first-order chi connectivity index (χ1) is 12.1. The molecule has 2 aliphatic carbocycles. The number of esters is 1. The Morgan fingerprint density at radius 2 is 2.16 bits per heavy atom. The predicted octanol–water partition coefficient (Wildman–Crippen LogP) is 4.12. The third kappa shape index (κ3) is 4.66. The Kier molecular flexibility index (Phi) is 6.21. The van der Waals surface area contributed by atoms with Gasteiger partial charge in [-0.2, -0.15) is 0 Å². The summed E-state index contributed by atoms with van der Waals surface area (Å²) in [4.78, 5) is 12.4. The van der Waals surface area contributed by atoms with Gasteiger partial charge in [0.25, 0.3) is 0 Å². The zero-order valence-electron chi connectivity index (χ0n) is 16.0. The van der Waals surface area contributed by atoms with Crippen molar-refractivity contribution in [2.75, 3.05) is 13.7 Å². The van der Waals surface area contributed by atoms with E-state index in [0.717, 1.165) is 43.5 Å². The molecule has 140 valence electrons.